The molecule has 0 unspecified atom stereocenters. The molecule has 0 aliphatic heterocycles. The van der Waals surface area contributed by atoms with Crippen molar-refractivity contribution in [3.8, 4) is 0 Å². The Kier molecular flexibility index (Phi) is 3.59. The summed E-state index contributed by atoms with van der Waals surface area (Å²) in [6.45, 7) is 4.19. The second-order valence-corrected chi connectivity index (χ2v) is 3.11. The van der Waals surface area contributed by atoms with Crippen LogP contribution in [0.25, 0.3) is 0 Å². The first-order chi connectivity index (χ1) is 6.65. The molecule has 0 saturated carbocycles. The van der Waals surface area contributed by atoms with Crippen LogP contribution in [0, 0.1) is 17.0 Å². The number of rotatable bonds is 4. The maximum absolute atomic E-state index is 10.6. The van der Waals surface area contributed by atoms with Crippen LogP contribution < -0.4 is 5.73 Å². The van der Waals surface area contributed by atoms with Crippen LogP contribution in [0.3, 0.4) is 0 Å². The van der Waals surface area contributed by atoms with Gasteiger partial charge in [-0.05, 0) is 31.9 Å². The van der Waals surface area contributed by atoms with Crippen LogP contribution in [0.1, 0.15) is 17.5 Å². The van der Waals surface area contributed by atoms with E-state index >= 15 is 0 Å². The number of nitro benzene ring substituents is 1. The number of nitro groups is 1. The molecule has 4 nitrogen and oxygen atoms in total. The summed E-state index contributed by atoms with van der Waals surface area (Å²) in [5, 5.41) is 10.6. The van der Waals surface area contributed by atoms with E-state index in [9.17, 15) is 10.1 Å². The van der Waals surface area contributed by atoms with Crippen LogP contribution in [0.2, 0.25) is 0 Å². The highest BCUT2D eigenvalue weighted by molar-refractivity contribution is 5.44. The van der Waals surface area contributed by atoms with Gasteiger partial charge < -0.3 is 5.73 Å². The van der Waals surface area contributed by atoms with Gasteiger partial charge in [-0.15, -0.1) is 0 Å². The average Bonchev–Trinajstić information content (AvgIpc) is 2.16. The predicted molar refractivity (Wildman–Crippen MR) is 54.9 cm³/mol. The minimum Gasteiger partial charge on any atom is -0.330 e. The molecule has 1 aromatic rings. The Balaban J connectivity index is 2.89. The zero-order valence-corrected chi connectivity index (χ0v) is 7.90. The maximum atomic E-state index is 10.6. The van der Waals surface area contributed by atoms with E-state index in [0.717, 1.165) is 18.4 Å². The van der Waals surface area contributed by atoms with Crippen LogP contribution in [0.15, 0.2) is 18.2 Å². The molecule has 0 amide bonds. The first-order valence-corrected chi connectivity index (χ1v) is 4.44. The van der Waals surface area contributed by atoms with Crippen molar-refractivity contribution < 1.29 is 4.92 Å². The Bertz CT molecular complexity index is 337. The molecule has 2 N–H and O–H groups in total. The topological polar surface area (TPSA) is 69.2 Å². The normalized spacial score (nSPS) is 10.1. The smallest absolute Gasteiger partial charge is 0.272 e. The van der Waals surface area contributed by atoms with E-state index in [1.807, 2.05) is 6.07 Å². The summed E-state index contributed by atoms with van der Waals surface area (Å²) < 4.78 is 0. The summed E-state index contributed by atoms with van der Waals surface area (Å²) in [5.74, 6) is 0. The van der Waals surface area contributed by atoms with Crippen molar-refractivity contribution in [3.05, 3.63) is 46.4 Å². The highest BCUT2D eigenvalue weighted by Crippen LogP contribution is 2.19. The van der Waals surface area contributed by atoms with Gasteiger partial charge in [0.1, 0.15) is 0 Å². The minimum atomic E-state index is -0.408. The van der Waals surface area contributed by atoms with Crippen LogP contribution in [-0.4, -0.2) is 11.5 Å². The highest BCUT2D eigenvalue weighted by atomic mass is 16.6. The highest BCUT2D eigenvalue weighted by Gasteiger charge is 2.10. The Morgan fingerprint density at radius 1 is 1.50 bits per heavy atom. The molecule has 0 saturated heterocycles. The number of nitrogens with zero attached hydrogens (tertiary/aromatic N) is 1. The SMILES string of the molecule is [CH2]c1ccc(CCCN)cc1[N+](=O)[O-]. The van der Waals surface area contributed by atoms with E-state index in [1.54, 1.807) is 12.1 Å². The first-order valence-electron chi connectivity index (χ1n) is 4.44. The molecule has 0 aliphatic rings. The molecular weight excluding hydrogens is 180 g/mol. The molecule has 0 heterocycles. The molecule has 0 aliphatic carbocycles. The van der Waals surface area contributed by atoms with Gasteiger partial charge in [0.15, 0.2) is 0 Å². The Hall–Kier alpha value is -1.42. The molecule has 0 aromatic heterocycles. The molecule has 0 fully saturated rings. The van der Waals surface area contributed by atoms with E-state index in [0.29, 0.717) is 12.1 Å². The Labute approximate surface area is 82.9 Å². The lowest BCUT2D eigenvalue weighted by atomic mass is 10.1. The molecule has 1 rings (SSSR count). The van der Waals surface area contributed by atoms with E-state index < -0.39 is 4.92 Å². The molecule has 14 heavy (non-hydrogen) atoms. The Morgan fingerprint density at radius 3 is 2.79 bits per heavy atom. The fourth-order valence-electron chi connectivity index (χ4n) is 1.24. The standard InChI is InChI=1S/C10H13N2O2/c1-8-4-5-9(3-2-6-11)7-10(8)12(13)14/h4-5,7H,1-3,6,11H2. The predicted octanol–water partition coefficient (Wildman–Crippen LogP) is 1.67. The fourth-order valence-corrected chi connectivity index (χ4v) is 1.24. The molecule has 75 valence electrons. The van der Waals surface area contributed by atoms with Gasteiger partial charge in [-0.25, -0.2) is 0 Å². The van der Waals surface area contributed by atoms with Crippen LogP contribution >= 0.6 is 0 Å². The van der Waals surface area contributed by atoms with E-state index in [-0.39, 0.29) is 5.69 Å². The lowest BCUT2D eigenvalue weighted by Crippen LogP contribution is -2.01. The van der Waals surface area contributed by atoms with Crippen molar-refractivity contribution >= 4 is 5.69 Å². The van der Waals surface area contributed by atoms with Gasteiger partial charge in [-0.3, -0.25) is 10.1 Å². The molecule has 0 bridgehead atoms. The number of hydrogen-bond donors (Lipinski definition) is 1. The summed E-state index contributed by atoms with van der Waals surface area (Å²) in [7, 11) is 0. The van der Waals surface area contributed by atoms with Gasteiger partial charge in [-0.2, -0.15) is 0 Å². The largest absolute Gasteiger partial charge is 0.330 e. The third kappa shape index (κ3) is 2.53. The van der Waals surface area contributed by atoms with E-state index in [2.05, 4.69) is 6.92 Å². The lowest BCUT2D eigenvalue weighted by molar-refractivity contribution is -0.385. The summed E-state index contributed by atoms with van der Waals surface area (Å²) in [6, 6.07) is 5.09. The van der Waals surface area contributed by atoms with Crippen LogP contribution in [0.4, 0.5) is 5.69 Å². The van der Waals surface area contributed by atoms with E-state index in [4.69, 9.17) is 5.73 Å². The number of aryl methyl sites for hydroxylation is 1. The van der Waals surface area contributed by atoms with Crippen molar-refractivity contribution in [1.82, 2.24) is 0 Å². The van der Waals surface area contributed by atoms with Gasteiger partial charge in [0, 0.05) is 11.6 Å². The summed E-state index contributed by atoms with van der Waals surface area (Å²) in [4.78, 5) is 10.2. The molecule has 1 aromatic carbocycles. The fraction of sp³-hybridized carbons (Fsp3) is 0.300. The monoisotopic (exact) mass is 193 g/mol. The second kappa shape index (κ2) is 4.72. The summed E-state index contributed by atoms with van der Waals surface area (Å²) in [6.07, 6.45) is 1.62. The number of hydrogen-bond acceptors (Lipinski definition) is 3. The molecular formula is C10H13N2O2. The van der Waals surface area contributed by atoms with E-state index in [1.165, 1.54) is 0 Å². The van der Waals surface area contributed by atoms with Gasteiger partial charge in [0.25, 0.3) is 5.69 Å². The molecule has 4 heteroatoms. The third-order valence-electron chi connectivity index (χ3n) is 2.02. The number of nitrogens with two attached hydrogens (primary N) is 1. The van der Waals surface area contributed by atoms with Crippen molar-refractivity contribution in [1.29, 1.82) is 0 Å². The van der Waals surface area contributed by atoms with Gasteiger partial charge in [-0.1, -0.05) is 12.1 Å². The summed E-state index contributed by atoms with van der Waals surface area (Å²) in [5.41, 5.74) is 6.83. The van der Waals surface area contributed by atoms with Gasteiger partial charge in [0.2, 0.25) is 0 Å². The zero-order chi connectivity index (χ0) is 10.6. The summed E-state index contributed by atoms with van der Waals surface area (Å²) >= 11 is 0. The lowest BCUT2D eigenvalue weighted by Gasteiger charge is -2.01. The van der Waals surface area contributed by atoms with Gasteiger partial charge >= 0.3 is 0 Å². The first kappa shape index (κ1) is 10.7. The zero-order valence-electron chi connectivity index (χ0n) is 7.90. The van der Waals surface area contributed by atoms with Gasteiger partial charge in [0.05, 0.1) is 4.92 Å². The average molecular weight is 193 g/mol. The second-order valence-electron chi connectivity index (χ2n) is 3.11. The van der Waals surface area contributed by atoms with Crippen LogP contribution in [-0.2, 0) is 6.42 Å². The molecule has 0 spiro atoms. The quantitative estimate of drug-likeness (QED) is 0.584. The maximum Gasteiger partial charge on any atom is 0.272 e. The molecule has 1 radical (unpaired) electrons. The van der Waals surface area contributed by atoms with Crippen LogP contribution in [0.5, 0.6) is 0 Å². The number of benzene rings is 1. The van der Waals surface area contributed by atoms with Crippen molar-refractivity contribution in [2.75, 3.05) is 6.54 Å². The van der Waals surface area contributed by atoms with Crippen molar-refractivity contribution in [2.24, 2.45) is 5.73 Å². The third-order valence-corrected chi connectivity index (χ3v) is 2.02. The van der Waals surface area contributed by atoms with Crippen molar-refractivity contribution in [3.63, 3.8) is 0 Å². The van der Waals surface area contributed by atoms with Crippen molar-refractivity contribution in [2.45, 2.75) is 12.8 Å². The molecule has 0 atom stereocenters. The minimum absolute atomic E-state index is 0.0829. The Morgan fingerprint density at radius 2 is 2.21 bits per heavy atom.